The van der Waals surface area contributed by atoms with Crippen molar-refractivity contribution in [2.24, 2.45) is 17.8 Å². The number of phenols is 2. The van der Waals surface area contributed by atoms with Crippen LogP contribution in [0.3, 0.4) is 0 Å². The third kappa shape index (κ3) is 12.2. The highest BCUT2D eigenvalue weighted by molar-refractivity contribution is 8.77. The van der Waals surface area contributed by atoms with Crippen LogP contribution < -0.4 is 15.5 Å². The second-order valence-corrected chi connectivity index (χ2v) is 33.3. The average Bonchev–Trinajstić information content (AvgIpc) is 0.710. The lowest BCUT2D eigenvalue weighted by Gasteiger charge is -2.44. The summed E-state index contributed by atoms with van der Waals surface area (Å²) in [5.41, 5.74) is 9.94. The number of aliphatic hydroxyl groups excluding tert-OH is 4. The monoisotopic (exact) mass is 1320 g/mol. The second kappa shape index (κ2) is 26.8. The number of ether oxygens (including phenoxy) is 1. The van der Waals surface area contributed by atoms with Gasteiger partial charge in [-0.3, -0.25) is 9.59 Å². The van der Waals surface area contributed by atoms with Gasteiger partial charge in [0, 0.05) is 78.4 Å². The van der Waals surface area contributed by atoms with Gasteiger partial charge in [0.15, 0.2) is 5.76 Å². The molecule has 0 unspecified atom stereocenters. The van der Waals surface area contributed by atoms with Crippen molar-refractivity contribution < 1.29 is 54.8 Å². The predicted octanol–water partition coefficient (Wildman–Crippen LogP) is 14.1. The SMILES string of the molecule is CC(C)Cc1cc(-c2oc3cc(O)c4c(c3c(=O)c2O)O[C@@H]2C[C@@H]3c5c-4cc4c6c(ccc(c56)[C@H](SSCCC[C@@H]2O)[C@H]3O)C[C@H](CCC2(O)CCCCC2)[C@@H]4CCO)c2c(c1O)Cc1cccc(c1)[C@H]1NC[C@H](Cc3cccc(CC(=O)CCO)c3)C[C@@H]1SSC2. The van der Waals surface area contributed by atoms with Crippen LogP contribution in [0.5, 0.6) is 23.0 Å². The Morgan fingerprint density at radius 3 is 2.46 bits per heavy atom. The molecule has 2 saturated heterocycles. The smallest absolute Gasteiger partial charge is 0.238 e. The molecule has 1 saturated carbocycles. The number of aromatic hydroxyl groups is 3. The van der Waals surface area contributed by atoms with E-state index in [2.05, 4.69) is 73.8 Å². The van der Waals surface area contributed by atoms with Gasteiger partial charge >= 0.3 is 0 Å². The molecule has 5 heterocycles. The van der Waals surface area contributed by atoms with Crippen molar-refractivity contribution in [3.8, 4) is 45.4 Å². The summed E-state index contributed by atoms with van der Waals surface area (Å²) in [6.45, 7) is 4.74. The van der Waals surface area contributed by atoms with Crippen molar-refractivity contribution in [3.05, 3.63) is 150 Å². The maximum atomic E-state index is 15.9. The number of benzene rings is 6. The van der Waals surface area contributed by atoms with E-state index >= 15 is 4.79 Å². The van der Waals surface area contributed by atoms with Crippen LogP contribution in [0.4, 0.5) is 0 Å². The molecule has 0 spiro atoms. The quantitative estimate of drug-likeness (QED) is 0.0461. The van der Waals surface area contributed by atoms with Crippen molar-refractivity contribution in [1.82, 2.24) is 5.32 Å². The zero-order valence-corrected chi connectivity index (χ0v) is 55.7. The van der Waals surface area contributed by atoms with E-state index in [0.29, 0.717) is 77.8 Å². The minimum atomic E-state index is -1.03. The van der Waals surface area contributed by atoms with E-state index in [1.807, 2.05) is 18.2 Å². The van der Waals surface area contributed by atoms with Crippen LogP contribution in [0.1, 0.15) is 182 Å². The number of carbonyl (C=O) groups excluding carboxylic acids is 1. The highest BCUT2D eigenvalue weighted by Gasteiger charge is 2.47. The first-order valence-electron chi connectivity index (χ1n) is 33.6. The van der Waals surface area contributed by atoms with Gasteiger partial charge in [0.05, 0.1) is 28.6 Å². The van der Waals surface area contributed by atoms with E-state index in [4.69, 9.17) is 9.15 Å². The zero-order valence-electron chi connectivity index (χ0n) is 52.5. The molecule has 10 atom stereocenters. The van der Waals surface area contributed by atoms with Gasteiger partial charge in [-0.05, 0) is 191 Å². The predicted molar refractivity (Wildman–Crippen MR) is 370 cm³/mol. The lowest BCUT2D eigenvalue weighted by Crippen LogP contribution is -2.41. The zero-order chi connectivity index (χ0) is 63.7. The molecule has 13 nitrogen and oxygen atoms in total. The van der Waals surface area contributed by atoms with Gasteiger partial charge in [-0.15, -0.1) is 0 Å². The van der Waals surface area contributed by atoms with E-state index in [-0.39, 0.29) is 118 Å². The summed E-state index contributed by atoms with van der Waals surface area (Å²) in [4.78, 5) is 28.4. The van der Waals surface area contributed by atoms with E-state index in [1.165, 1.54) is 11.6 Å². The molecule has 5 bridgehead atoms. The van der Waals surface area contributed by atoms with Gasteiger partial charge in [-0.2, -0.15) is 0 Å². The number of nitrogens with one attached hydrogen (secondary N) is 1. The van der Waals surface area contributed by atoms with Crippen LogP contribution in [0.15, 0.2) is 88.1 Å². The number of aliphatic hydroxyl groups is 5. The molecular formula is C75H85NO12S4. The second-order valence-electron chi connectivity index (χ2n) is 28.0. The summed E-state index contributed by atoms with van der Waals surface area (Å²) < 4.78 is 14.1. The lowest BCUT2D eigenvalue weighted by molar-refractivity contribution is -0.119. The number of rotatable bonds is 14. The maximum Gasteiger partial charge on any atom is 0.238 e. The van der Waals surface area contributed by atoms with Gasteiger partial charge < -0.3 is 55.3 Å². The van der Waals surface area contributed by atoms with Gasteiger partial charge in [-0.1, -0.05) is 137 Å². The van der Waals surface area contributed by atoms with Crippen molar-refractivity contribution in [3.63, 3.8) is 0 Å². The average molecular weight is 1320 g/mol. The standard InChI is InChI=1S/C75H85NO12S4/c1-39(2)25-47-33-53(56-38-90-91-61-31-43(27-40-9-6-10-41(26-40)29-48(79)17-22-77)37-76-67(61)46-12-7-11-42(28-46)30-52(56)68(47)82)72-71(85)70(84)66-60(88-72)36-58(81)64-54-34-51-49(18-23-78)44(16-21-75(86)19-4-3-5-20-75)32-45-14-15-50-65(62(45)51)63(54)55-35-59(87-73(64)66)57(80)13-8-24-89-92-74(50)69(55)83/h6-7,9-12,14-15,26,28,33-34,36,39,43-44,49,55,57,59,61,67,69,74,76-78,80-83,85-86H,3-5,8,13,16-25,27,29-32,35,37-38H2,1-2H3/t43-,44+,49+,55-,57+,59-,61+,67-,69+,74+/m1/s1. The Morgan fingerprint density at radius 1 is 0.815 bits per heavy atom. The van der Waals surface area contributed by atoms with Crippen molar-refractivity contribution in [2.75, 3.05) is 25.5 Å². The Bertz CT molecular complexity index is 4030. The van der Waals surface area contributed by atoms with Gasteiger partial charge in [0.1, 0.15) is 40.1 Å². The number of hydrogen-bond acceptors (Lipinski definition) is 17. The molecule has 3 aliphatic carbocycles. The van der Waals surface area contributed by atoms with Crippen LogP contribution in [0, 0.1) is 17.8 Å². The molecule has 9 N–H and O–H groups in total. The Kier molecular flexibility index (Phi) is 18.7. The molecule has 17 heteroatoms. The van der Waals surface area contributed by atoms with Crippen molar-refractivity contribution in [1.29, 1.82) is 0 Å². The molecule has 0 amide bonds. The van der Waals surface area contributed by atoms with E-state index in [1.54, 1.807) is 43.2 Å². The molecule has 6 aromatic carbocycles. The summed E-state index contributed by atoms with van der Waals surface area (Å²) in [5.74, 6) is 0.0450. The Morgan fingerprint density at radius 2 is 1.64 bits per heavy atom. The molecule has 486 valence electrons. The molecule has 92 heavy (non-hydrogen) atoms. The number of ketones is 1. The molecule has 7 aromatic rings. The highest BCUT2D eigenvalue weighted by Crippen LogP contribution is 2.62. The third-order valence-electron chi connectivity index (χ3n) is 21.4. The normalized spacial score (nSPS) is 25.8. The first-order chi connectivity index (χ1) is 44.6. The Hall–Kier alpha value is -5.18. The minimum absolute atomic E-state index is 0.0106. The fourth-order valence-corrected chi connectivity index (χ4v) is 23.0. The van der Waals surface area contributed by atoms with Crippen molar-refractivity contribution in [2.45, 2.75) is 187 Å². The first-order valence-corrected chi connectivity index (χ1v) is 38.3. The fraction of sp³-hybridized carbons (Fsp3) is 0.493. The summed E-state index contributed by atoms with van der Waals surface area (Å²) in [6.07, 6.45) is 8.69. The number of carbonyl (C=O) groups is 1. The Labute approximate surface area is 553 Å². The molecule has 7 aliphatic rings. The summed E-state index contributed by atoms with van der Waals surface area (Å²) in [5, 5.41) is 102. The van der Waals surface area contributed by atoms with E-state index in [9.17, 15) is 45.6 Å². The number of phenolic OH excluding ortho intramolecular Hbond substituents is 2. The van der Waals surface area contributed by atoms with E-state index in [0.717, 1.165) is 114 Å². The topological polar surface area (TPSA) is 230 Å². The van der Waals surface area contributed by atoms with Crippen LogP contribution in [0.25, 0.3) is 44.2 Å². The van der Waals surface area contributed by atoms with Gasteiger partial charge in [0.2, 0.25) is 11.2 Å². The van der Waals surface area contributed by atoms with E-state index < -0.39 is 41.0 Å². The molecule has 14 rings (SSSR count). The highest BCUT2D eigenvalue weighted by atomic mass is 33.1. The number of hydrogen-bond donors (Lipinski definition) is 9. The lowest BCUT2D eigenvalue weighted by atomic mass is 9.65. The van der Waals surface area contributed by atoms with Crippen LogP contribution in [-0.4, -0.2) is 101 Å². The Balaban J connectivity index is 0.903. The first kappa shape index (κ1) is 64.2. The number of Topliss-reactive ketones (excluding diaryl/α,β-unsaturated/α-hetero) is 1. The molecule has 1 aromatic heterocycles. The third-order valence-corrected chi connectivity index (χ3v) is 27.0. The number of piperidine rings is 1. The molecular weight excluding hydrogens is 1240 g/mol. The number of fused-ring (bicyclic) bond motifs is 12. The van der Waals surface area contributed by atoms with Gasteiger partial charge in [0.25, 0.3) is 0 Å². The van der Waals surface area contributed by atoms with Crippen LogP contribution >= 0.6 is 43.2 Å². The van der Waals surface area contributed by atoms with Crippen molar-refractivity contribution >= 4 is 70.7 Å². The largest absolute Gasteiger partial charge is 0.507 e. The molecule has 0 radical (unpaired) electrons. The summed E-state index contributed by atoms with van der Waals surface area (Å²) >= 11 is 0. The van der Waals surface area contributed by atoms with Crippen LogP contribution in [0.2, 0.25) is 0 Å². The summed E-state index contributed by atoms with van der Waals surface area (Å²) in [6, 6.07) is 26.6. The fourth-order valence-electron chi connectivity index (χ4n) is 17.0. The molecule has 3 fully saturated rings. The maximum absolute atomic E-state index is 15.9. The molecule has 4 aliphatic heterocycles. The van der Waals surface area contributed by atoms with Crippen LogP contribution in [-0.2, 0) is 42.7 Å². The van der Waals surface area contributed by atoms with Gasteiger partial charge in [-0.25, -0.2) is 0 Å². The summed E-state index contributed by atoms with van der Waals surface area (Å²) in [7, 11) is 6.80. The minimum Gasteiger partial charge on any atom is -0.507 e.